The maximum absolute atomic E-state index is 9.15. The number of nitrogens with two attached hydrogens (primary N) is 1. The molecule has 0 bridgehead atoms. The van der Waals surface area contributed by atoms with Gasteiger partial charge in [0.1, 0.15) is 6.20 Å². The van der Waals surface area contributed by atoms with Gasteiger partial charge in [-0.25, -0.2) is 0 Å². The van der Waals surface area contributed by atoms with Gasteiger partial charge < -0.3 is 10.2 Å². The van der Waals surface area contributed by atoms with Crippen LogP contribution in [-0.2, 0) is 0 Å². The lowest BCUT2D eigenvalue weighted by Crippen LogP contribution is -2.48. The van der Waals surface area contributed by atoms with Crippen molar-refractivity contribution in [2.75, 3.05) is 10.5 Å². The SMILES string of the molecule is NNN(Nc1cnnc(O)n1)c1nncc(O)n1. The molecule has 0 spiro atoms. The molecule has 12 heteroatoms. The van der Waals surface area contributed by atoms with E-state index in [1.807, 2.05) is 0 Å². The fraction of sp³-hybridized carbons (Fsp3) is 0. The van der Waals surface area contributed by atoms with Crippen molar-refractivity contribution in [3.63, 3.8) is 0 Å². The lowest BCUT2D eigenvalue weighted by atomic mass is 10.7. The van der Waals surface area contributed by atoms with E-state index in [2.05, 4.69) is 41.3 Å². The molecule has 0 saturated heterocycles. The van der Waals surface area contributed by atoms with Gasteiger partial charge in [0, 0.05) is 0 Å². The Bertz CT molecular complexity index is 535. The van der Waals surface area contributed by atoms with Gasteiger partial charge in [0.2, 0.25) is 5.88 Å². The fourth-order valence-corrected chi connectivity index (χ4v) is 0.983. The maximum atomic E-state index is 9.15. The summed E-state index contributed by atoms with van der Waals surface area (Å²) < 4.78 is 0. The Balaban J connectivity index is 2.19. The highest BCUT2D eigenvalue weighted by Gasteiger charge is 2.11. The van der Waals surface area contributed by atoms with Gasteiger partial charge in [-0.15, -0.1) is 15.7 Å². The van der Waals surface area contributed by atoms with Crippen molar-refractivity contribution < 1.29 is 10.2 Å². The summed E-state index contributed by atoms with van der Waals surface area (Å²) in [6, 6.07) is -0.521. The summed E-state index contributed by atoms with van der Waals surface area (Å²) in [6.45, 7) is 0. The monoisotopic (exact) mass is 252 g/mol. The Morgan fingerprint density at radius 3 is 2.56 bits per heavy atom. The van der Waals surface area contributed by atoms with Crippen molar-refractivity contribution in [2.45, 2.75) is 0 Å². The molecule has 0 atom stereocenters. The van der Waals surface area contributed by atoms with Crippen LogP contribution < -0.4 is 21.9 Å². The van der Waals surface area contributed by atoms with E-state index in [-0.39, 0.29) is 17.6 Å². The zero-order valence-corrected chi connectivity index (χ0v) is 8.76. The standard InChI is InChI=1S/C6H8N10O2/c7-15-16(5-11-4(17)2-9-12-5)14-3-1-8-13-6(18)10-3/h1-2,15H,7H2,(H,11,12,17)(H2,10,13,14,18). The highest BCUT2D eigenvalue weighted by Crippen LogP contribution is 2.09. The molecule has 0 aliphatic heterocycles. The third kappa shape index (κ3) is 2.63. The first-order chi connectivity index (χ1) is 8.69. The van der Waals surface area contributed by atoms with Gasteiger partial charge in [-0.2, -0.15) is 20.2 Å². The summed E-state index contributed by atoms with van der Waals surface area (Å²) >= 11 is 0. The highest BCUT2D eigenvalue weighted by molar-refractivity contribution is 5.41. The number of rotatable bonds is 4. The highest BCUT2D eigenvalue weighted by atomic mass is 16.3. The first kappa shape index (κ1) is 11.6. The minimum Gasteiger partial charge on any atom is -0.492 e. The number of nitrogens with one attached hydrogen (secondary N) is 2. The Kier molecular flexibility index (Phi) is 3.22. The molecule has 0 amide bonds. The minimum atomic E-state index is -0.521. The molecule has 0 radical (unpaired) electrons. The molecule has 0 aromatic carbocycles. The number of nitrogens with zero attached hydrogens (tertiary/aromatic N) is 7. The Morgan fingerprint density at radius 1 is 1.11 bits per heavy atom. The van der Waals surface area contributed by atoms with Crippen LogP contribution in [-0.4, -0.2) is 40.6 Å². The van der Waals surface area contributed by atoms with Crippen molar-refractivity contribution in [1.29, 1.82) is 0 Å². The lowest BCUT2D eigenvalue weighted by molar-refractivity contribution is 0.421. The third-order valence-corrected chi connectivity index (χ3v) is 1.64. The van der Waals surface area contributed by atoms with E-state index in [0.717, 1.165) is 11.3 Å². The summed E-state index contributed by atoms with van der Waals surface area (Å²) in [5.74, 6) is 4.94. The van der Waals surface area contributed by atoms with E-state index < -0.39 is 6.01 Å². The largest absolute Gasteiger partial charge is 0.492 e. The lowest BCUT2D eigenvalue weighted by Gasteiger charge is -2.20. The number of aromatic hydroxyl groups is 2. The number of hydrazine groups is 3. The molecule has 2 aromatic heterocycles. The maximum Gasteiger partial charge on any atom is 0.335 e. The van der Waals surface area contributed by atoms with Gasteiger partial charge in [-0.05, 0) is 0 Å². The van der Waals surface area contributed by atoms with Crippen LogP contribution in [0.15, 0.2) is 12.4 Å². The van der Waals surface area contributed by atoms with Crippen LogP contribution >= 0.6 is 0 Å². The predicted octanol–water partition coefficient (Wildman–Crippen LogP) is -2.32. The van der Waals surface area contributed by atoms with Crippen LogP contribution in [0.1, 0.15) is 0 Å². The molecule has 6 N–H and O–H groups in total. The Hall–Kier alpha value is -2.86. The summed E-state index contributed by atoms with van der Waals surface area (Å²) in [5, 5.41) is 33.0. The second kappa shape index (κ2) is 4.98. The van der Waals surface area contributed by atoms with E-state index >= 15 is 0 Å². The van der Waals surface area contributed by atoms with Gasteiger partial charge in [0.15, 0.2) is 5.82 Å². The zero-order valence-electron chi connectivity index (χ0n) is 8.76. The van der Waals surface area contributed by atoms with Gasteiger partial charge in [0.25, 0.3) is 5.95 Å². The van der Waals surface area contributed by atoms with Crippen LogP contribution in [0.5, 0.6) is 11.9 Å². The molecule has 0 unspecified atom stereocenters. The predicted molar refractivity (Wildman–Crippen MR) is 56.4 cm³/mol. The van der Waals surface area contributed by atoms with Gasteiger partial charge >= 0.3 is 6.01 Å². The Labute approximate surface area is 99.4 Å². The number of anilines is 2. The summed E-state index contributed by atoms with van der Waals surface area (Å²) in [5.41, 5.74) is 4.75. The summed E-state index contributed by atoms with van der Waals surface area (Å²) in [4.78, 5) is 7.24. The van der Waals surface area contributed by atoms with Crippen LogP contribution in [0, 0.1) is 0 Å². The van der Waals surface area contributed by atoms with Crippen LogP contribution in [0.3, 0.4) is 0 Å². The quantitative estimate of drug-likeness (QED) is 0.291. The van der Waals surface area contributed by atoms with Crippen LogP contribution in [0.2, 0.25) is 0 Å². The minimum absolute atomic E-state index is 0.0735. The molecule has 94 valence electrons. The summed E-state index contributed by atoms with van der Waals surface area (Å²) in [6.07, 6.45) is 2.27. The molecule has 12 nitrogen and oxygen atoms in total. The average molecular weight is 252 g/mol. The third-order valence-electron chi connectivity index (χ3n) is 1.64. The van der Waals surface area contributed by atoms with Crippen molar-refractivity contribution >= 4 is 11.8 Å². The van der Waals surface area contributed by atoms with E-state index in [0.29, 0.717) is 0 Å². The molecule has 0 aliphatic rings. The molecule has 0 saturated carbocycles. The van der Waals surface area contributed by atoms with Crippen LogP contribution in [0.25, 0.3) is 0 Å². The van der Waals surface area contributed by atoms with E-state index in [9.17, 15) is 0 Å². The number of hydrogen-bond donors (Lipinski definition) is 5. The first-order valence-corrected chi connectivity index (χ1v) is 4.49. The van der Waals surface area contributed by atoms with E-state index in [1.54, 1.807) is 0 Å². The smallest absolute Gasteiger partial charge is 0.335 e. The normalized spacial score (nSPS) is 10.1. The van der Waals surface area contributed by atoms with Gasteiger partial charge in [0.05, 0.1) is 6.20 Å². The molecule has 2 rings (SSSR count). The average Bonchev–Trinajstić information content (AvgIpc) is 2.36. The van der Waals surface area contributed by atoms with E-state index in [4.69, 9.17) is 16.1 Å². The molecular formula is C6H8N10O2. The molecule has 0 fully saturated rings. The van der Waals surface area contributed by atoms with Crippen molar-refractivity contribution in [3.8, 4) is 11.9 Å². The number of hydrogen-bond acceptors (Lipinski definition) is 12. The zero-order chi connectivity index (χ0) is 13.0. The molecule has 18 heavy (non-hydrogen) atoms. The second-order valence-corrected chi connectivity index (χ2v) is 2.83. The topological polar surface area (TPSA) is 171 Å². The first-order valence-electron chi connectivity index (χ1n) is 4.49. The van der Waals surface area contributed by atoms with Crippen molar-refractivity contribution in [3.05, 3.63) is 12.4 Å². The van der Waals surface area contributed by atoms with E-state index in [1.165, 1.54) is 6.20 Å². The van der Waals surface area contributed by atoms with Gasteiger partial charge in [-0.1, -0.05) is 5.10 Å². The molecular weight excluding hydrogens is 244 g/mol. The fourth-order valence-electron chi connectivity index (χ4n) is 0.983. The molecule has 2 aromatic rings. The number of aromatic nitrogens is 6. The van der Waals surface area contributed by atoms with Crippen molar-refractivity contribution in [2.24, 2.45) is 5.84 Å². The van der Waals surface area contributed by atoms with Crippen molar-refractivity contribution in [1.82, 2.24) is 35.9 Å². The summed E-state index contributed by atoms with van der Waals surface area (Å²) in [7, 11) is 0. The van der Waals surface area contributed by atoms with Gasteiger partial charge in [-0.3, -0.25) is 11.3 Å². The molecule has 2 heterocycles. The molecule has 0 aliphatic carbocycles. The second-order valence-electron chi connectivity index (χ2n) is 2.83. The Morgan fingerprint density at radius 2 is 1.89 bits per heavy atom. The van der Waals surface area contributed by atoms with Crippen LogP contribution in [0.4, 0.5) is 11.8 Å².